The van der Waals surface area contributed by atoms with E-state index in [1.54, 1.807) is 0 Å². The van der Waals surface area contributed by atoms with Crippen LogP contribution in [-0.4, -0.2) is 36.2 Å². The Labute approximate surface area is 88.4 Å². The molecule has 1 aliphatic rings. The molecule has 0 aromatic carbocycles. The van der Waals surface area contributed by atoms with Crippen LogP contribution < -0.4 is 0 Å². The molecular weight excluding hydrogens is 201 g/mol. The van der Waals surface area contributed by atoms with E-state index >= 15 is 0 Å². The molecular formula is C10H16FNO3. The fourth-order valence-corrected chi connectivity index (χ4v) is 1.61. The van der Waals surface area contributed by atoms with Crippen LogP contribution in [0.15, 0.2) is 0 Å². The van der Waals surface area contributed by atoms with Crippen LogP contribution in [0.3, 0.4) is 0 Å². The Hall–Kier alpha value is -1.13. The van der Waals surface area contributed by atoms with E-state index < -0.39 is 18.2 Å². The topological polar surface area (TPSA) is 46.6 Å². The average molecular weight is 217 g/mol. The summed E-state index contributed by atoms with van der Waals surface area (Å²) in [7, 11) is 0. The second-order valence-electron chi connectivity index (χ2n) is 3.62. The SMILES string of the molecule is CCCCOC(=O)N1CCC[C@H]1C(=O)F. The molecule has 0 radical (unpaired) electrons. The quantitative estimate of drug-likeness (QED) is 0.533. The lowest BCUT2D eigenvalue weighted by Gasteiger charge is -2.20. The predicted molar refractivity (Wildman–Crippen MR) is 52.1 cm³/mol. The molecule has 0 saturated carbocycles. The summed E-state index contributed by atoms with van der Waals surface area (Å²) in [6.45, 7) is 2.72. The maximum atomic E-state index is 12.5. The van der Waals surface area contributed by atoms with Gasteiger partial charge in [0.2, 0.25) is 0 Å². The lowest BCUT2D eigenvalue weighted by Crippen LogP contribution is -2.39. The Morgan fingerprint density at radius 2 is 2.27 bits per heavy atom. The second kappa shape index (κ2) is 5.68. The van der Waals surface area contributed by atoms with Crippen LogP contribution in [0, 0.1) is 0 Å². The van der Waals surface area contributed by atoms with E-state index in [9.17, 15) is 14.0 Å². The molecule has 1 rings (SSSR count). The van der Waals surface area contributed by atoms with Crippen LogP contribution >= 0.6 is 0 Å². The highest BCUT2D eigenvalue weighted by Crippen LogP contribution is 2.19. The summed E-state index contributed by atoms with van der Waals surface area (Å²) in [6.07, 6.45) is 2.20. The Morgan fingerprint density at radius 3 is 2.87 bits per heavy atom. The van der Waals surface area contributed by atoms with Crippen LogP contribution in [0.25, 0.3) is 0 Å². The van der Waals surface area contributed by atoms with Crippen LogP contribution in [0.2, 0.25) is 0 Å². The Kier molecular flexibility index (Phi) is 4.52. The van der Waals surface area contributed by atoms with E-state index in [2.05, 4.69) is 0 Å². The molecule has 1 fully saturated rings. The number of rotatable bonds is 4. The van der Waals surface area contributed by atoms with E-state index in [1.165, 1.54) is 4.90 Å². The van der Waals surface area contributed by atoms with Crippen molar-refractivity contribution in [3.63, 3.8) is 0 Å². The first kappa shape index (κ1) is 11.9. The highest BCUT2D eigenvalue weighted by Gasteiger charge is 2.35. The van der Waals surface area contributed by atoms with Crippen molar-refractivity contribution >= 4 is 12.1 Å². The van der Waals surface area contributed by atoms with Gasteiger partial charge in [-0.25, -0.2) is 4.79 Å². The van der Waals surface area contributed by atoms with Gasteiger partial charge in [0.25, 0.3) is 0 Å². The highest BCUT2D eigenvalue weighted by molar-refractivity contribution is 5.81. The van der Waals surface area contributed by atoms with E-state index in [-0.39, 0.29) is 0 Å². The molecule has 4 nitrogen and oxygen atoms in total. The fourth-order valence-electron chi connectivity index (χ4n) is 1.61. The number of amides is 1. The summed E-state index contributed by atoms with van der Waals surface area (Å²) in [6, 6.07) is -2.36. The molecule has 1 saturated heterocycles. The van der Waals surface area contributed by atoms with Gasteiger partial charge < -0.3 is 4.74 Å². The predicted octanol–water partition coefficient (Wildman–Crippen LogP) is 1.88. The number of ether oxygens (including phenoxy) is 1. The monoisotopic (exact) mass is 217 g/mol. The molecule has 15 heavy (non-hydrogen) atoms. The van der Waals surface area contributed by atoms with Crippen molar-refractivity contribution in [2.75, 3.05) is 13.2 Å². The molecule has 0 unspecified atom stereocenters. The summed E-state index contributed by atoms with van der Waals surface area (Å²) < 4.78 is 17.4. The van der Waals surface area contributed by atoms with Gasteiger partial charge in [-0.05, 0) is 19.3 Å². The number of hydrogen-bond acceptors (Lipinski definition) is 3. The number of carbonyl (C=O) groups is 2. The number of halogens is 1. The lowest BCUT2D eigenvalue weighted by molar-refractivity contribution is -0.133. The van der Waals surface area contributed by atoms with Crippen LogP contribution in [0.1, 0.15) is 32.6 Å². The van der Waals surface area contributed by atoms with E-state index in [0.717, 1.165) is 12.8 Å². The zero-order valence-corrected chi connectivity index (χ0v) is 8.87. The first-order valence-corrected chi connectivity index (χ1v) is 5.29. The maximum Gasteiger partial charge on any atom is 0.410 e. The minimum absolute atomic E-state index is 0.332. The van der Waals surface area contributed by atoms with Crippen LogP contribution in [0.4, 0.5) is 9.18 Å². The molecule has 0 aromatic rings. The van der Waals surface area contributed by atoms with Gasteiger partial charge >= 0.3 is 12.1 Å². The van der Waals surface area contributed by atoms with E-state index in [4.69, 9.17) is 4.74 Å². The number of nitrogens with zero attached hydrogens (tertiary/aromatic N) is 1. The zero-order chi connectivity index (χ0) is 11.3. The first-order valence-electron chi connectivity index (χ1n) is 5.29. The fraction of sp³-hybridized carbons (Fsp3) is 0.800. The maximum absolute atomic E-state index is 12.5. The van der Waals surface area contributed by atoms with Crippen molar-refractivity contribution in [3.05, 3.63) is 0 Å². The van der Waals surface area contributed by atoms with Gasteiger partial charge in [-0.15, -0.1) is 0 Å². The minimum Gasteiger partial charge on any atom is -0.449 e. The number of carbonyl (C=O) groups excluding carboxylic acids is 2. The van der Waals surface area contributed by atoms with Gasteiger partial charge in [0.05, 0.1) is 6.61 Å². The number of unbranched alkanes of at least 4 members (excludes halogenated alkanes) is 1. The van der Waals surface area contributed by atoms with E-state index in [0.29, 0.717) is 26.0 Å². The van der Waals surface area contributed by atoms with Crippen molar-refractivity contribution in [1.82, 2.24) is 4.90 Å². The van der Waals surface area contributed by atoms with Gasteiger partial charge in [0, 0.05) is 6.54 Å². The smallest absolute Gasteiger partial charge is 0.410 e. The van der Waals surface area contributed by atoms with Crippen LogP contribution in [0.5, 0.6) is 0 Å². The van der Waals surface area contributed by atoms with Gasteiger partial charge in [0.1, 0.15) is 6.04 Å². The summed E-state index contributed by atoms with van der Waals surface area (Å²) in [4.78, 5) is 23.2. The largest absolute Gasteiger partial charge is 0.449 e. The third kappa shape index (κ3) is 3.18. The molecule has 1 amide bonds. The molecule has 86 valence electrons. The van der Waals surface area contributed by atoms with Crippen molar-refractivity contribution in [2.24, 2.45) is 0 Å². The van der Waals surface area contributed by atoms with Crippen LogP contribution in [-0.2, 0) is 9.53 Å². The average Bonchev–Trinajstić information content (AvgIpc) is 2.66. The highest BCUT2D eigenvalue weighted by atomic mass is 19.1. The van der Waals surface area contributed by atoms with Gasteiger partial charge in [-0.2, -0.15) is 4.39 Å². The summed E-state index contributed by atoms with van der Waals surface area (Å²) >= 11 is 0. The van der Waals surface area contributed by atoms with Crippen molar-refractivity contribution < 1.29 is 18.7 Å². The molecule has 1 heterocycles. The third-order valence-corrected chi connectivity index (χ3v) is 2.47. The van der Waals surface area contributed by atoms with Crippen molar-refractivity contribution in [1.29, 1.82) is 0 Å². The Bertz CT molecular complexity index is 245. The molecule has 5 heteroatoms. The molecule has 0 bridgehead atoms. The molecule has 0 spiro atoms. The lowest BCUT2D eigenvalue weighted by atomic mass is 10.2. The second-order valence-corrected chi connectivity index (χ2v) is 3.62. The van der Waals surface area contributed by atoms with E-state index in [1.807, 2.05) is 6.92 Å². The zero-order valence-electron chi connectivity index (χ0n) is 8.87. The van der Waals surface area contributed by atoms with Gasteiger partial charge in [0.15, 0.2) is 0 Å². The molecule has 0 aliphatic carbocycles. The standard InChI is InChI=1S/C10H16FNO3/c1-2-3-7-15-10(14)12-6-4-5-8(12)9(11)13/h8H,2-7H2,1H3/t8-/m0/s1. The molecule has 0 aromatic heterocycles. The van der Waals surface area contributed by atoms with Crippen molar-refractivity contribution in [2.45, 2.75) is 38.6 Å². The molecule has 1 atom stereocenters. The van der Waals surface area contributed by atoms with Gasteiger partial charge in [-0.3, -0.25) is 9.69 Å². The number of likely N-dealkylation sites (tertiary alicyclic amines) is 1. The Morgan fingerprint density at radius 1 is 1.53 bits per heavy atom. The molecule has 0 N–H and O–H groups in total. The summed E-state index contributed by atoms with van der Waals surface area (Å²) in [5.41, 5.74) is 0. The number of hydrogen-bond donors (Lipinski definition) is 0. The minimum atomic E-state index is -1.44. The first-order chi connectivity index (χ1) is 7.16. The summed E-state index contributed by atoms with van der Waals surface area (Å²) in [5.74, 6) is 0. The van der Waals surface area contributed by atoms with Gasteiger partial charge in [-0.1, -0.05) is 13.3 Å². The third-order valence-electron chi connectivity index (χ3n) is 2.47. The normalized spacial score (nSPS) is 20.4. The molecule has 1 aliphatic heterocycles. The Balaban J connectivity index is 2.40. The van der Waals surface area contributed by atoms with Crippen molar-refractivity contribution in [3.8, 4) is 0 Å². The summed E-state index contributed by atoms with van der Waals surface area (Å²) in [5, 5.41) is 0.